The van der Waals surface area contributed by atoms with E-state index in [0.717, 1.165) is 37.2 Å². The van der Waals surface area contributed by atoms with Crippen molar-refractivity contribution in [2.24, 2.45) is 5.92 Å². The molecule has 0 saturated carbocycles. The van der Waals surface area contributed by atoms with Gasteiger partial charge in [0, 0.05) is 42.4 Å². The van der Waals surface area contributed by atoms with Crippen molar-refractivity contribution in [1.29, 1.82) is 0 Å². The molecule has 0 aliphatic carbocycles. The van der Waals surface area contributed by atoms with Crippen molar-refractivity contribution in [2.75, 3.05) is 20.1 Å². The highest BCUT2D eigenvalue weighted by molar-refractivity contribution is 7.12. The molecule has 22 heavy (non-hydrogen) atoms. The molecule has 0 bridgehead atoms. The minimum Gasteiger partial charge on any atom is -0.342 e. The molecule has 0 radical (unpaired) electrons. The number of hydrogen-bond donors (Lipinski definition) is 0. The van der Waals surface area contributed by atoms with Gasteiger partial charge in [-0.2, -0.15) is 0 Å². The Morgan fingerprint density at radius 2 is 2.18 bits per heavy atom. The summed E-state index contributed by atoms with van der Waals surface area (Å²) in [7, 11) is 1.93. The number of carbonyl (C=O) groups is 2. The van der Waals surface area contributed by atoms with Crippen molar-refractivity contribution in [1.82, 2.24) is 9.80 Å². The van der Waals surface area contributed by atoms with Crippen LogP contribution in [0.4, 0.5) is 0 Å². The van der Waals surface area contributed by atoms with Crippen LogP contribution in [0.5, 0.6) is 0 Å². The summed E-state index contributed by atoms with van der Waals surface area (Å²) in [5, 5.41) is 0. The molecular weight excluding hydrogens is 296 g/mol. The molecule has 5 heteroatoms. The summed E-state index contributed by atoms with van der Waals surface area (Å²) in [6.07, 6.45) is 4.11. The Morgan fingerprint density at radius 1 is 1.36 bits per heavy atom. The Labute approximate surface area is 136 Å². The van der Waals surface area contributed by atoms with Crippen molar-refractivity contribution in [3.8, 4) is 0 Å². The van der Waals surface area contributed by atoms with Gasteiger partial charge in [-0.1, -0.05) is 0 Å². The van der Waals surface area contributed by atoms with Crippen LogP contribution in [0, 0.1) is 12.8 Å². The van der Waals surface area contributed by atoms with E-state index in [1.165, 1.54) is 4.88 Å². The molecule has 0 spiro atoms. The molecule has 120 valence electrons. The van der Waals surface area contributed by atoms with E-state index in [-0.39, 0.29) is 11.8 Å². The van der Waals surface area contributed by atoms with Crippen molar-refractivity contribution < 1.29 is 9.59 Å². The summed E-state index contributed by atoms with van der Waals surface area (Å²) >= 11 is 1.71. The monoisotopic (exact) mass is 320 g/mol. The van der Waals surface area contributed by atoms with Gasteiger partial charge >= 0.3 is 0 Å². The second-order valence-corrected chi connectivity index (χ2v) is 7.91. The average Bonchev–Trinajstić information content (AvgIpc) is 2.85. The third-order valence-electron chi connectivity index (χ3n) is 5.02. The second-order valence-electron chi connectivity index (χ2n) is 6.54. The van der Waals surface area contributed by atoms with Crippen LogP contribution in [-0.4, -0.2) is 47.8 Å². The fraction of sp³-hybridized carbons (Fsp3) is 0.647. The standard InChI is InChI=1S/C17H24N2O2S/c1-12-6-7-14(22-12)10-17(21)19-9-8-15-13(11-19)4-3-5-16(20)18(15)2/h6-7,13,15H,3-5,8-11H2,1-2H3/t13-,15-/m1/s1. The molecule has 2 atom stereocenters. The zero-order valence-electron chi connectivity index (χ0n) is 13.4. The maximum Gasteiger partial charge on any atom is 0.227 e. The van der Waals surface area contributed by atoms with E-state index in [4.69, 9.17) is 0 Å². The Morgan fingerprint density at radius 3 is 2.91 bits per heavy atom. The number of rotatable bonds is 2. The molecule has 2 aliphatic rings. The van der Waals surface area contributed by atoms with Crippen LogP contribution < -0.4 is 0 Å². The lowest BCUT2D eigenvalue weighted by atomic mass is 9.88. The Bertz CT molecular complexity index is 569. The molecule has 0 unspecified atom stereocenters. The van der Waals surface area contributed by atoms with E-state index in [9.17, 15) is 9.59 Å². The van der Waals surface area contributed by atoms with Gasteiger partial charge in [0.15, 0.2) is 0 Å². The summed E-state index contributed by atoms with van der Waals surface area (Å²) in [4.78, 5) is 30.9. The first kappa shape index (κ1) is 15.5. The summed E-state index contributed by atoms with van der Waals surface area (Å²) in [6, 6.07) is 4.46. The Hall–Kier alpha value is -1.36. The fourth-order valence-electron chi connectivity index (χ4n) is 3.76. The Balaban J connectivity index is 1.63. The van der Waals surface area contributed by atoms with Gasteiger partial charge in [0.25, 0.3) is 0 Å². The molecule has 2 amide bonds. The van der Waals surface area contributed by atoms with Crippen LogP contribution in [0.2, 0.25) is 0 Å². The normalized spacial score (nSPS) is 25.8. The van der Waals surface area contributed by atoms with Crippen molar-refractivity contribution in [3.05, 3.63) is 21.9 Å². The highest BCUT2D eigenvalue weighted by atomic mass is 32.1. The first-order valence-corrected chi connectivity index (χ1v) is 8.95. The largest absolute Gasteiger partial charge is 0.342 e. The summed E-state index contributed by atoms with van der Waals surface area (Å²) < 4.78 is 0. The van der Waals surface area contributed by atoms with Gasteiger partial charge in [0.2, 0.25) is 11.8 Å². The molecule has 0 N–H and O–H groups in total. The lowest BCUT2D eigenvalue weighted by Crippen LogP contribution is -2.52. The first-order valence-electron chi connectivity index (χ1n) is 8.13. The van der Waals surface area contributed by atoms with Crippen molar-refractivity contribution >= 4 is 23.2 Å². The third kappa shape index (κ3) is 3.19. The maximum atomic E-state index is 12.5. The lowest BCUT2D eigenvalue weighted by Gasteiger charge is -2.41. The van der Waals surface area contributed by atoms with E-state index < -0.39 is 0 Å². The van der Waals surface area contributed by atoms with Crippen LogP contribution in [-0.2, 0) is 16.0 Å². The Kier molecular flexibility index (Phi) is 4.52. The number of hydrogen-bond acceptors (Lipinski definition) is 3. The minimum absolute atomic E-state index is 0.235. The zero-order chi connectivity index (χ0) is 15.7. The molecule has 3 heterocycles. The second kappa shape index (κ2) is 6.41. The molecule has 2 fully saturated rings. The van der Waals surface area contributed by atoms with Gasteiger partial charge < -0.3 is 9.80 Å². The SMILES string of the molecule is Cc1ccc(CC(=O)N2CC[C@@H]3[C@H](CCCC(=O)N3C)C2)s1. The van der Waals surface area contributed by atoms with Crippen LogP contribution in [0.15, 0.2) is 12.1 Å². The van der Waals surface area contributed by atoms with Crippen LogP contribution in [0.3, 0.4) is 0 Å². The molecule has 2 saturated heterocycles. The van der Waals surface area contributed by atoms with Gasteiger partial charge in [-0.25, -0.2) is 0 Å². The van der Waals surface area contributed by atoms with Crippen LogP contribution in [0.25, 0.3) is 0 Å². The molecule has 3 rings (SSSR count). The molecule has 1 aromatic rings. The number of fused-ring (bicyclic) bond motifs is 1. The maximum absolute atomic E-state index is 12.5. The van der Waals surface area contributed by atoms with E-state index in [1.54, 1.807) is 11.3 Å². The minimum atomic E-state index is 0.235. The predicted molar refractivity (Wildman–Crippen MR) is 87.9 cm³/mol. The van der Waals surface area contributed by atoms with Crippen molar-refractivity contribution in [3.63, 3.8) is 0 Å². The average molecular weight is 320 g/mol. The number of aryl methyl sites for hydroxylation is 1. The molecule has 1 aromatic heterocycles. The number of likely N-dealkylation sites (tertiary alicyclic amines) is 2. The molecular formula is C17H24N2O2S. The number of nitrogens with zero attached hydrogens (tertiary/aromatic N) is 2. The molecule has 2 aliphatic heterocycles. The smallest absolute Gasteiger partial charge is 0.227 e. The molecule has 0 aromatic carbocycles. The van der Waals surface area contributed by atoms with E-state index >= 15 is 0 Å². The number of carbonyl (C=O) groups excluding carboxylic acids is 2. The van der Waals surface area contributed by atoms with Gasteiger partial charge in [0.05, 0.1) is 6.42 Å². The van der Waals surface area contributed by atoms with E-state index in [2.05, 4.69) is 19.1 Å². The van der Waals surface area contributed by atoms with E-state index in [1.807, 2.05) is 16.8 Å². The van der Waals surface area contributed by atoms with E-state index in [0.29, 0.717) is 24.8 Å². The zero-order valence-corrected chi connectivity index (χ0v) is 14.2. The summed E-state index contributed by atoms with van der Waals surface area (Å²) in [5.74, 6) is 0.944. The highest BCUT2D eigenvalue weighted by Crippen LogP contribution is 2.30. The van der Waals surface area contributed by atoms with Crippen LogP contribution >= 0.6 is 11.3 Å². The number of amides is 2. The molecule has 4 nitrogen and oxygen atoms in total. The van der Waals surface area contributed by atoms with Gasteiger partial charge in [-0.05, 0) is 44.2 Å². The summed E-state index contributed by atoms with van der Waals surface area (Å²) in [5.41, 5.74) is 0. The third-order valence-corrected chi connectivity index (χ3v) is 6.03. The first-order chi connectivity index (χ1) is 10.5. The number of thiophene rings is 1. The quantitative estimate of drug-likeness (QED) is 0.840. The lowest BCUT2D eigenvalue weighted by molar-refractivity contribution is -0.136. The topological polar surface area (TPSA) is 40.6 Å². The van der Waals surface area contributed by atoms with Gasteiger partial charge in [0.1, 0.15) is 0 Å². The van der Waals surface area contributed by atoms with Crippen LogP contribution in [0.1, 0.15) is 35.4 Å². The highest BCUT2D eigenvalue weighted by Gasteiger charge is 2.36. The fourth-order valence-corrected chi connectivity index (χ4v) is 4.64. The summed E-state index contributed by atoms with van der Waals surface area (Å²) in [6.45, 7) is 3.66. The number of piperidine rings is 1. The predicted octanol–water partition coefficient (Wildman–Crippen LogP) is 2.46. The van der Waals surface area contributed by atoms with Gasteiger partial charge in [-0.15, -0.1) is 11.3 Å². The van der Waals surface area contributed by atoms with Gasteiger partial charge in [-0.3, -0.25) is 9.59 Å². The van der Waals surface area contributed by atoms with Crippen molar-refractivity contribution in [2.45, 2.75) is 45.1 Å².